The van der Waals surface area contributed by atoms with Gasteiger partial charge in [-0.3, -0.25) is 14.0 Å². The molecule has 0 aliphatic heterocycles. The average molecular weight is 377 g/mol. The van der Waals surface area contributed by atoms with E-state index in [0.29, 0.717) is 15.9 Å². The summed E-state index contributed by atoms with van der Waals surface area (Å²) in [6, 6.07) is 15.7. The Balaban J connectivity index is 2.11. The first kappa shape index (κ1) is 17.2. The highest BCUT2D eigenvalue weighted by Crippen LogP contribution is 2.30. The Morgan fingerprint density at radius 3 is 2.44 bits per heavy atom. The van der Waals surface area contributed by atoms with Gasteiger partial charge in [0.25, 0.3) is 5.56 Å². The first-order valence-electron chi connectivity index (χ1n) is 8.28. The molecule has 0 amide bonds. The normalized spacial score (nSPS) is 11.0. The molecule has 27 heavy (non-hydrogen) atoms. The molecule has 0 radical (unpaired) electrons. The van der Waals surface area contributed by atoms with Crippen LogP contribution in [0.5, 0.6) is 0 Å². The van der Waals surface area contributed by atoms with Gasteiger partial charge >= 0.3 is 5.97 Å². The molecule has 2 aromatic carbocycles. The number of aryl methyl sites for hydroxylation is 1. The number of hydrogen-bond acceptors (Lipinski definition) is 5. The average Bonchev–Trinajstić information content (AvgIpc) is 3.07. The number of pyridine rings is 1. The molecule has 0 saturated carbocycles. The number of methoxy groups -OCH3 is 1. The van der Waals surface area contributed by atoms with Crippen LogP contribution in [0.2, 0.25) is 0 Å². The number of rotatable bonds is 3. The predicted octanol–water partition coefficient (Wildman–Crippen LogP) is 3.84. The van der Waals surface area contributed by atoms with Crippen LogP contribution in [0.15, 0.2) is 59.4 Å². The van der Waals surface area contributed by atoms with Crippen molar-refractivity contribution in [2.75, 3.05) is 7.11 Å². The molecule has 4 aromatic rings. The second-order valence-corrected chi connectivity index (χ2v) is 7.20. The maximum absolute atomic E-state index is 13.3. The van der Waals surface area contributed by atoms with Crippen molar-refractivity contribution < 1.29 is 14.3 Å². The minimum absolute atomic E-state index is 0.0142. The number of ether oxygens (including phenoxy) is 1. The lowest BCUT2D eigenvalue weighted by Crippen LogP contribution is -2.21. The van der Waals surface area contributed by atoms with Crippen LogP contribution < -0.4 is 5.56 Å². The van der Waals surface area contributed by atoms with E-state index in [-0.39, 0.29) is 22.5 Å². The fraction of sp³-hybridized carbons (Fsp3) is 0.0952. The fourth-order valence-corrected chi connectivity index (χ4v) is 4.29. The van der Waals surface area contributed by atoms with Crippen molar-refractivity contribution in [1.82, 2.24) is 4.40 Å². The van der Waals surface area contributed by atoms with Crippen molar-refractivity contribution >= 4 is 38.1 Å². The van der Waals surface area contributed by atoms with Gasteiger partial charge in [-0.05, 0) is 19.1 Å². The van der Waals surface area contributed by atoms with Crippen molar-refractivity contribution in [3.8, 4) is 0 Å². The molecule has 0 bridgehead atoms. The molecule has 134 valence electrons. The van der Waals surface area contributed by atoms with Gasteiger partial charge in [-0.25, -0.2) is 4.79 Å². The number of thiazole rings is 1. The van der Waals surface area contributed by atoms with Crippen molar-refractivity contribution in [2.45, 2.75) is 6.92 Å². The van der Waals surface area contributed by atoms with Crippen molar-refractivity contribution in [3.05, 3.63) is 87.2 Å². The minimum Gasteiger partial charge on any atom is -0.465 e. The molecule has 0 atom stereocenters. The Morgan fingerprint density at radius 2 is 1.74 bits per heavy atom. The fourth-order valence-electron chi connectivity index (χ4n) is 3.08. The molecule has 0 unspecified atom stereocenters. The van der Waals surface area contributed by atoms with E-state index in [9.17, 15) is 14.4 Å². The maximum Gasteiger partial charge on any atom is 0.338 e. The molecule has 2 heterocycles. The lowest BCUT2D eigenvalue weighted by molar-refractivity contribution is 0.0597. The summed E-state index contributed by atoms with van der Waals surface area (Å²) in [6.07, 6.45) is 0. The number of para-hydroxylation sites is 1. The van der Waals surface area contributed by atoms with Crippen LogP contribution in [0.1, 0.15) is 31.8 Å². The summed E-state index contributed by atoms with van der Waals surface area (Å²) in [5, 5.41) is 0. The summed E-state index contributed by atoms with van der Waals surface area (Å²) in [5.74, 6) is -1.03. The Labute approximate surface area is 158 Å². The third-order valence-corrected chi connectivity index (χ3v) is 5.58. The van der Waals surface area contributed by atoms with Gasteiger partial charge in [0, 0.05) is 11.6 Å². The van der Waals surface area contributed by atoms with Crippen LogP contribution in [0.3, 0.4) is 0 Å². The Hall–Kier alpha value is -3.25. The SMILES string of the molecule is COC(=O)c1cc(=O)n2c(sc3ccccc32)c1C(=O)c1ccc(C)cc1. The highest BCUT2D eigenvalue weighted by molar-refractivity contribution is 7.24. The molecule has 0 N–H and O–H groups in total. The van der Waals surface area contributed by atoms with E-state index < -0.39 is 5.97 Å². The van der Waals surface area contributed by atoms with Gasteiger partial charge in [-0.2, -0.15) is 0 Å². The summed E-state index contributed by atoms with van der Waals surface area (Å²) in [6.45, 7) is 1.93. The number of carbonyl (C=O) groups excluding carboxylic acids is 2. The summed E-state index contributed by atoms with van der Waals surface area (Å²) in [5.41, 5.74) is 1.98. The summed E-state index contributed by atoms with van der Waals surface area (Å²) in [4.78, 5) is 38.7. The lowest BCUT2D eigenvalue weighted by atomic mass is 9.99. The van der Waals surface area contributed by atoms with E-state index in [2.05, 4.69) is 0 Å². The van der Waals surface area contributed by atoms with E-state index >= 15 is 0 Å². The van der Waals surface area contributed by atoms with Gasteiger partial charge in [0.15, 0.2) is 5.78 Å². The monoisotopic (exact) mass is 377 g/mol. The number of nitrogens with zero attached hydrogens (tertiary/aromatic N) is 1. The molecule has 0 aliphatic carbocycles. The maximum atomic E-state index is 13.3. The Morgan fingerprint density at radius 1 is 1.04 bits per heavy atom. The van der Waals surface area contributed by atoms with Gasteiger partial charge in [0.05, 0.1) is 28.5 Å². The number of carbonyl (C=O) groups is 2. The molecule has 5 nitrogen and oxygen atoms in total. The van der Waals surface area contributed by atoms with E-state index in [1.807, 2.05) is 43.3 Å². The smallest absolute Gasteiger partial charge is 0.338 e. The number of fused-ring (bicyclic) bond motifs is 3. The first-order valence-corrected chi connectivity index (χ1v) is 9.10. The zero-order valence-electron chi connectivity index (χ0n) is 14.7. The van der Waals surface area contributed by atoms with Gasteiger partial charge in [0.1, 0.15) is 4.83 Å². The first-order chi connectivity index (χ1) is 13.0. The second-order valence-electron chi connectivity index (χ2n) is 6.17. The molecule has 0 saturated heterocycles. The highest BCUT2D eigenvalue weighted by Gasteiger charge is 2.25. The number of hydrogen-bond donors (Lipinski definition) is 0. The number of aromatic nitrogens is 1. The largest absolute Gasteiger partial charge is 0.465 e. The van der Waals surface area contributed by atoms with Crippen molar-refractivity contribution in [2.24, 2.45) is 0 Å². The summed E-state index contributed by atoms with van der Waals surface area (Å²) in [7, 11) is 1.23. The zero-order chi connectivity index (χ0) is 19.1. The molecular formula is C21H15NO4S. The molecule has 6 heteroatoms. The van der Waals surface area contributed by atoms with Crippen LogP contribution >= 0.6 is 11.3 Å². The van der Waals surface area contributed by atoms with E-state index in [4.69, 9.17) is 4.74 Å². The summed E-state index contributed by atoms with van der Waals surface area (Å²) < 4.78 is 7.16. The van der Waals surface area contributed by atoms with Crippen molar-refractivity contribution in [1.29, 1.82) is 0 Å². The number of benzene rings is 2. The molecule has 2 aromatic heterocycles. The standard InChI is InChI=1S/C21H15NO4S/c1-12-7-9-13(10-8-12)19(24)18-14(21(25)26-2)11-17(23)22-15-5-3-4-6-16(15)27-20(18)22/h3-11H,1-2H3. The van der Waals surface area contributed by atoms with Crippen LogP contribution in [0.4, 0.5) is 0 Å². The van der Waals surface area contributed by atoms with Gasteiger partial charge in [-0.15, -0.1) is 11.3 Å². The summed E-state index contributed by atoms with van der Waals surface area (Å²) >= 11 is 1.31. The van der Waals surface area contributed by atoms with E-state index in [1.165, 1.54) is 28.9 Å². The van der Waals surface area contributed by atoms with Crippen molar-refractivity contribution in [3.63, 3.8) is 0 Å². The van der Waals surface area contributed by atoms with Gasteiger partial charge < -0.3 is 4.74 Å². The molecule has 0 spiro atoms. The minimum atomic E-state index is -0.706. The molecule has 0 aliphatic rings. The van der Waals surface area contributed by atoms with Crippen LogP contribution in [0, 0.1) is 6.92 Å². The van der Waals surface area contributed by atoms with Gasteiger partial charge in [0.2, 0.25) is 0 Å². The van der Waals surface area contributed by atoms with E-state index in [1.54, 1.807) is 12.1 Å². The predicted molar refractivity (Wildman–Crippen MR) is 105 cm³/mol. The molecular weight excluding hydrogens is 362 g/mol. The third kappa shape index (κ3) is 2.74. The Kier molecular flexibility index (Phi) is 4.12. The second kappa shape index (κ2) is 6.48. The van der Waals surface area contributed by atoms with Crippen LogP contribution in [0.25, 0.3) is 15.0 Å². The zero-order valence-corrected chi connectivity index (χ0v) is 15.5. The van der Waals surface area contributed by atoms with Crippen LogP contribution in [-0.4, -0.2) is 23.3 Å². The number of ketones is 1. The topological polar surface area (TPSA) is 64.8 Å². The van der Waals surface area contributed by atoms with Crippen LogP contribution in [-0.2, 0) is 4.74 Å². The lowest BCUT2D eigenvalue weighted by Gasteiger charge is -2.09. The Bertz CT molecular complexity index is 1270. The molecule has 4 rings (SSSR count). The van der Waals surface area contributed by atoms with E-state index in [0.717, 1.165) is 10.3 Å². The quantitative estimate of drug-likeness (QED) is 0.402. The molecule has 0 fully saturated rings. The van der Waals surface area contributed by atoms with Gasteiger partial charge in [-0.1, -0.05) is 42.0 Å². The number of esters is 1. The highest BCUT2D eigenvalue weighted by atomic mass is 32.1. The third-order valence-electron chi connectivity index (χ3n) is 4.43.